The zero-order valence-corrected chi connectivity index (χ0v) is 11.8. The van der Waals surface area contributed by atoms with Gasteiger partial charge in [0, 0.05) is 24.4 Å². The third-order valence-electron chi connectivity index (χ3n) is 3.28. The number of nitrogens with two attached hydrogens (primary N) is 1. The summed E-state index contributed by atoms with van der Waals surface area (Å²) in [6.45, 7) is 4.76. The van der Waals surface area contributed by atoms with Gasteiger partial charge in [-0.3, -0.25) is 4.79 Å². The van der Waals surface area contributed by atoms with Crippen molar-refractivity contribution in [1.29, 1.82) is 0 Å². The molecule has 19 heavy (non-hydrogen) atoms. The minimum atomic E-state index is -0.0726. The Morgan fingerprint density at radius 3 is 2.74 bits per heavy atom. The number of carbonyl (C=O) groups excluding carboxylic acids is 1. The summed E-state index contributed by atoms with van der Waals surface area (Å²) in [5.74, 6) is 0.268. The second-order valence-corrected chi connectivity index (χ2v) is 4.95. The van der Waals surface area contributed by atoms with Gasteiger partial charge in [-0.15, -0.1) is 0 Å². The lowest BCUT2D eigenvalue weighted by Crippen LogP contribution is -2.30. The highest BCUT2D eigenvalue weighted by atomic mass is 16.3. The van der Waals surface area contributed by atoms with E-state index in [1.54, 1.807) is 18.2 Å². The van der Waals surface area contributed by atoms with Gasteiger partial charge in [-0.1, -0.05) is 13.3 Å². The molecule has 0 saturated carbocycles. The fraction of sp³-hybridized carbons (Fsp3) is 0.533. The van der Waals surface area contributed by atoms with Gasteiger partial charge in [0.15, 0.2) is 0 Å². The average Bonchev–Trinajstić information content (AvgIpc) is 2.36. The van der Waals surface area contributed by atoms with E-state index in [1.807, 2.05) is 6.92 Å². The number of aliphatic hydroxyl groups is 1. The molecule has 1 amide bonds. The number of rotatable bonds is 7. The molecule has 1 aromatic rings. The molecule has 0 bridgehead atoms. The van der Waals surface area contributed by atoms with Gasteiger partial charge < -0.3 is 16.2 Å². The molecule has 1 atom stereocenters. The largest absolute Gasteiger partial charge is 0.399 e. The van der Waals surface area contributed by atoms with Gasteiger partial charge in [-0.25, -0.2) is 0 Å². The van der Waals surface area contributed by atoms with Crippen molar-refractivity contribution in [3.05, 3.63) is 29.3 Å². The van der Waals surface area contributed by atoms with Crippen LogP contribution in [-0.4, -0.2) is 24.2 Å². The van der Waals surface area contributed by atoms with E-state index in [1.165, 1.54) is 0 Å². The molecule has 1 aromatic carbocycles. The van der Waals surface area contributed by atoms with E-state index >= 15 is 0 Å². The second-order valence-electron chi connectivity index (χ2n) is 4.95. The molecule has 0 aliphatic carbocycles. The Morgan fingerprint density at radius 1 is 1.42 bits per heavy atom. The Labute approximate surface area is 115 Å². The van der Waals surface area contributed by atoms with Crippen LogP contribution in [0.5, 0.6) is 0 Å². The molecule has 0 aliphatic rings. The van der Waals surface area contributed by atoms with E-state index in [9.17, 15) is 4.79 Å². The molecule has 0 spiro atoms. The highest BCUT2D eigenvalue weighted by molar-refractivity contribution is 5.95. The van der Waals surface area contributed by atoms with Crippen molar-refractivity contribution in [1.82, 2.24) is 5.32 Å². The molecule has 4 heteroatoms. The number of aliphatic hydroxyl groups excluding tert-OH is 1. The van der Waals surface area contributed by atoms with E-state index in [2.05, 4.69) is 12.2 Å². The van der Waals surface area contributed by atoms with Gasteiger partial charge in [0.05, 0.1) is 0 Å². The first-order chi connectivity index (χ1) is 9.08. The minimum Gasteiger partial charge on any atom is -0.399 e. The Bertz CT molecular complexity index is 413. The van der Waals surface area contributed by atoms with Gasteiger partial charge in [0.2, 0.25) is 0 Å². The summed E-state index contributed by atoms with van der Waals surface area (Å²) in [6.07, 6.45) is 2.80. The highest BCUT2D eigenvalue weighted by Gasteiger charge is 2.12. The number of aryl methyl sites for hydroxylation is 1. The van der Waals surface area contributed by atoms with E-state index < -0.39 is 0 Å². The zero-order chi connectivity index (χ0) is 14.3. The molecule has 0 aromatic heterocycles. The average molecular weight is 264 g/mol. The monoisotopic (exact) mass is 264 g/mol. The molecule has 1 rings (SSSR count). The minimum absolute atomic E-state index is 0.0726. The van der Waals surface area contributed by atoms with Crippen LogP contribution in [0.3, 0.4) is 0 Å². The smallest absolute Gasteiger partial charge is 0.251 e. The summed E-state index contributed by atoms with van der Waals surface area (Å²) in [5.41, 5.74) is 7.88. The molecule has 106 valence electrons. The predicted octanol–water partition coefficient (Wildman–Crippen LogP) is 2.11. The second kappa shape index (κ2) is 7.79. The summed E-state index contributed by atoms with van der Waals surface area (Å²) < 4.78 is 0. The van der Waals surface area contributed by atoms with Crippen LogP contribution >= 0.6 is 0 Å². The summed E-state index contributed by atoms with van der Waals surface area (Å²) in [4.78, 5) is 12.1. The first-order valence-corrected chi connectivity index (χ1v) is 6.83. The first kappa shape index (κ1) is 15.5. The SMILES string of the molecule is CCCC(CCO)CNC(=O)c1ccc(N)cc1C. The van der Waals surface area contributed by atoms with E-state index in [4.69, 9.17) is 10.8 Å². The Morgan fingerprint density at radius 2 is 2.16 bits per heavy atom. The van der Waals surface area contributed by atoms with E-state index in [0.717, 1.165) is 24.8 Å². The van der Waals surface area contributed by atoms with Crippen molar-refractivity contribution in [2.24, 2.45) is 5.92 Å². The predicted molar refractivity (Wildman–Crippen MR) is 78.0 cm³/mol. The van der Waals surface area contributed by atoms with Crippen molar-refractivity contribution in [3.63, 3.8) is 0 Å². The Kier molecular flexibility index (Phi) is 6.36. The summed E-state index contributed by atoms with van der Waals surface area (Å²) >= 11 is 0. The third-order valence-corrected chi connectivity index (χ3v) is 3.28. The molecule has 0 aliphatic heterocycles. The molecular weight excluding hydrogens is 240 g/mol. The van der Waals surface area contributed by atoms with Gasteiger partial charge >= 0.3 is 0 Å². The lowest BCUT2D eigenvalue weighted by atomic mass is 10.00. The molecule has 4 N–H and O–H groups in total. The lowest BCUT2D eigenvalue weighted by Gasteiger charge is -2.16. The lowest BCUT2D eigenvalue weighted by molar-refractivity contribution is 0.0942. The molecule has 0 fully saturated rings. The van der Waals surface area contributed by atoms with Crippen LogP contribution in [0, 0.1) is 12.8 Å². The van der Waals surface area contributed by atoms with Crippen LogP contribution in [0.25, 0.3) is 0 Å². The zero-order valence-electron chi connectivity index (χ0n) is 11.8. The summed E-state index contributed by atoms with van der Waals surface area (Å²) in [5, 5.41) is 11.9. The molecule has 4 nitrogen and oxygen atoms in total. The van der Waals surface area contributed by atoms with Crippen LogP contribution in [0.2, 0.25) is 0 Å². The number of benzene rings is 1. The maximum atomic E-state index is 12.1. The van der Waals surface area contributed by atoms with Gasteiger partial charge in [-0.05, 0) is 49.4 Å². The van der Waals surface area contributed by atoms with Gasteiger partial charge in [0.25, 0.3) is 5.91 Å². The van der Waals surface area contributed by atoms with Crippen LogP contribution in [0.1, 0.15) is 42.1 Å². The maximum absolute atomic E-state index is 12.1. The van der Waals surface area contributed by atoms with Crippen molar-refractivity contribution in [3.8, 4) is 0 Å². The molecule has 1 unspecified atom stereocenters. The molecule has 0 saturated heterocycles. The normalized spacial score (nSPS) is 12.2. The van der Waals surface area contributed by atoms with Crippen LogP contribution in [-0.2, 0) is 0 Å². The molecule has 0 heterocycles. The number of amides is 1. The molecule has 0 radical (unpaired) electrons. The number of nitrogens with one attached hydrogen (secondary N) is 1. The Hall–Kier alpha value is -1.55. The number of anilines is 1. The quantitative estimate of drug-likeness (QED) is 0.660. The number of hydrogen-bond donors (Lipinski definition) is 3. The summed E-state index contributed by atoms with van der Waals surface area (Å²) in [6, 6.07) is 5.28. The van der Waals surface area contributed by atoms with Crippen molar-refractivity contribution in [2.75, 3.05) is 18.9 Å². The summed E-state index contributed by atoms with van der Waals surface area (Å²) in [7, 11) is 0. The van der Waals surface area contributed by atoms with E-state index in [0.29, 0.717) is 23.7 Å². The number of nitrogen functional groups attached to an aromatic ring is 1. The maximum Gasteiger partial charge on any atom is 0.251 e. The fourth-order valence-electron chi connectivity index (χ4n) is 2.21. The van der Waals surface area contributed by atoms with Crippen LogP contribution < -0.4 is 11.1 Å². The first-order valence-electron chi connectivity index (χ1n) is 6.83. The fourth-order valence-corrected chi connectivity index (χ4v) is 2.21. The number of hydrogen-bond acceptors (Lipinski definition) is 3. The third kappa shape index (κ3) is 4.91. The standard InChI is InChI=1S/C15H24N2O2/c1-3-4-12(7-8-18)10-17-15(19)14-6-5-13(16)9-11(14)2/h5-6,9,12,18H,3-4,7-8,10,16H2,1-2H3,(H,17,19). The topological polar surface area (TPSA) is 75.3 Å². The number of carbonyl (C=O) groups is 1. The van der Waals surface area contributed by atoms with Crippen molar-refractivity contribution in [2.45, 2.75) is 33.1 Å². The van der Waals surface area contributed by atoms with Gasteiger partial charge in [0.1, 0.15) is 0 Å². The van der Waals surface area contributed by atoms with E-state index in [-0.39, 0.29) is 12.5 Å². The van der Waals surface area contributed by atoms with Crippen molar-refractivity contribution >= 4 is 11.6 Å². The highest BCUT2D eigenvalue weighted by Crippen LogP contribution is 2.13. The van der Waals surface area contributed by atoms with Crippen LogP contribution in [0.4, 0.5) is 5.69 Å². The van der Waals surface area contributed by atoms with Gasteiger partial charge in [-0.2, -0.15) is 0 Å². The van der Waals surface area contributed by atoms with Crippen LogP contribution in [0.15, 0.2) is 18.2 Å². The Balaban J connectivity index is 2.58. The molecular formula is C15H24N2O2. The van der Waals surface area contributed by atoms with Crippen molar-refractivity contribution < 1.29 is 9.90 Å².